The summed E-state index contributed by atoms with van der Waals surface area (Å²) in [6.07, 6.45) is 7.73. The van der Waals surface area contributed by atoms with Gasteiger partial charge in [-0.3, -0.25) is 0 Å². The highest BCUT2D eigenvalue weighted by Gasteiger charge is 2.08. The highest BCUT2D eigenvalue weighted by molar-refractivity contribution is 5.80. The van der Waals surface area contributed by atoms with Crippen molar-refractivity contribution in [1.82, 2.24) is 0 Å². The Morgan fingerprint density at radius 1 is 1.10 bits per heavy atom. The van der Waals surface area contributed by atoms with E-state index in [9.17, 15) is 15.0 Å². The minimum Gasteiger partial charge on any atom is -0.478 e. The second-order valence-electron chi connectivity index (χ2n) is 5.61. The molecule has 0 heterocycles. The molecule has 0 aliphatic carbocycles. The van der Waals surface area contributed by atoms with E-state index in [0.717, 1.165) is 30.1 Å². The van der Waals surface area contributed by atoms with Gasteiger partial charge in [-0.05, 0) is 51.5 Å². The van der Waals surface area contributed by atoms with Gasteiger partial charge >= 0.3 is 5.97 Å². The van der Waals surface area contributed by atoms with Gasteiger partial charge in [-0.15, -0.1) is 0 Å². The first-order valence-corrected chi connectivity index (χ1v) is 7.34. The summed E-state index contributed by atoms with van der Waals surface area (Å²) in [6, 6.07) is 0. The number of aliphatic hydroxyl groups excluding tert-OH is 2. The van der Waals surface area contributed by atoms with Gasteiger partial charge in [0.05, 0.1) is 12.2 Å². The minimum absolute atomic E-state index is 0.245. The summed E-state index contributed by atoms with van der Waals surface area (Å²) in [5.41, 5.74) is 1.71. The SMILES string of the molecule is CC(/C=C/C(=O)O)=C\C[C@@H](O)/C(C)=C/CC[C@H](C)[C@@H](C)O. The zero-order valence-corrected chi connectivity index (χ0v) is 13.4. The number of aliphatic hydroxyl groups is 2. The molecular weight excluding hydrogens is 268 g/mol. The molecule has 3 N–H and O–H groups in total. The van der Waals surface area contributed by atoms with Gasteiger partial charge in [0.15, 0.2) is 0 Å². The summed E-state index contributed by atoms with van der Waals surface area (Å²) in [6.45, 7) is 7.48. The highest BCUT2D eigenvalue weighted by atomic mass is 16.4. The van der Waals surface area contributed by atoms with Crippen LogP contribution in [0.4, 0.5) is 0 Å². The third kappa shape index (κ3) is 10.0. The first-order chi connectivity index (χ1) is 9.73. The van der Waals surface area contributed by atoms with Crippen molar-refractivity contribution in [2.75, 3.05) is 0 Å². The van der Waals surface area contributed by atoms with E-state index in [-0.39, 0.29) is 12.0 Å². The molecule has 0 radical (unpaired) electrons. The Bertz CT molecular complexity index is 405. The van der Waals surface area contributed by atoms with Gasteiger partial charge in [-0.1, -0.05) is 30.7 Å². The molecule has 4 nitrogen and oxygen atoms in total. The lowest BCUT2D eigenvalue weighted by Crippen LogP contribution is -2.12. The second kappa shape index (κ2) is 10.4. The quantitative estimate of drug-likeness (QED) is 0.347. The Labute approximate surface area is 127 Å². The van der Waals surface area contributed by atoms with Gasteiger partial charge in [0.1, 0.15) is 0 Å². The van der Waals surface area contributed by atoms with Gasteiger partial charge in [0, 0.05) is 6.08 Å². The van der Waals surface area contributed by atoms with Gasteiger partial charge < -0.3 is 15.3 Å². The van der Waals surface area contributed by atoms with Gasteiger partial charge in [-0.25, -0.2) is 4.79 Å². The molecule has 0 spiro atoms. The lowest BCUT2D eigenvalue weighted by molar-refractivity contribution is -0.131. The molecule has 3 atom stereocenters. The molecule has 0 saturated carbocycles. The van der Waals surface area contributed by atoms with Crippen molar-refractivity contribution < 1.29 is 20.1 Å². The average Bonchev–Trinajstić information content (AvgIpc) is 2.41. The molecule has 0 aliphatic heterocycles. The van der Waals surface area contributed by atoms with Crippen molar-refractivity contribution in [3.63, 3.8) is 0 Å². The number of carbonyl (C=O) groups is 1. The number of carboxylic acid groups (broad SMARTS) is 1. The van der Waals surface area contributed by atoms with E-state index < -0.39 is 12.1 Å². The van der Waals surface area contributed by atoms with E-state index in [1.165, 1.54) is 6.08 Å². The van der Waals surface area contributed by atoms with E-state index in [2.05, 4.69) is 0 Å². The maximum absolute atomic E-state index is 10.4. The predicted molar refractivity (Wildman–Crippen MR) is 85.0 cm³/mol. The molecule has 0 aromatic rings. The van der Waals surface area contributed by atoms with Crippen LogP contribution in [0.15, 0.2) is 35.5 Å². The molecule has 0 fully saturated rings. The van der Waals surface area contributed by atoms with Crippen LogP contribution in [-0.2, 0) is 4.79 Å². The normalized spacial score (nSPS) is 17.8. The van der Waals surface area contributed by atoms with Crippen LogP contribution in [0.2, 0.25) is 0 Å². The Morgan fingerprint density at radius 2 is 1.71 bits per heavy atom. The smallest absolute Gasteiger partial charge is 0.328 e. The fraction of sp³-hybridized carbons (Fsp3) is 0.588. The molecule has 0 saturated heterocycles. The van der Waals surface area contributed by atoms with Crippen LogP contribution in [0.3, 0.4) is 0 Å². The van der Waals surface area contributed by atoms with E-state index in [1.807, 2.05) is 26.0 Å². The standard InChI is InChI=1S/C17H28O4/c1-12(9-11-17(20)21)8-10-16(19)14(3)7-5-6-13(2)15(4)18/h7-9,11,13,15-16,18-19H,5-6,10H2,1-4H3,(H,20,21)/b11-9+,12-8+,14-7+/t13-,15+,16+/m0/s1. The monoisotopic (exact) mass is 296 g/mol. The summed E-state index contributed by atoms with van der Waals surface area (Å²) in [5.74, 6) is -0.735. The third-order valence-electron chi connectivity index (χ3n) is 3.59. The van der Waals surface area contributed by atoms with Crippen molar-refractivity contribution in [3.8, 4) is 0 Å². The summed E-state index contributed by atoms with van der Waals surface area (Å²) in [4.78, 5) is 10.4. The Kier molecular flexibility index (Phi) is 9.67. The fourth-order valence-corrected chi connectivity index (χ4v) is 1.71. The summed E-state index contributed by atoms with van der Waals surface area (Å²) < 4.78 is 0. The van der Waals surface area contributed by atoms with Crippen LogP contribution in [0.1, 0.15) is 47.0 Å². The zero-order valence-electron chi connectivity index (χ0n) is 13.4. The minimum atomic E-state index is -0.980. The first-order valence-electron chi connectivity index (χ1n) is 7.34. The Balaban J connectivity index is 4.29. The maximum atomic E-state index is 10.4. The maximum Gasteiger partial charge on any atom is 0.328 e. The van der Waals surface area contributed by atoms with Gasteiger partial charge in [0.25, 0.3) is 0 Å². The molecule has 0 bridgehead atoms. The molecule has 0 amide bonds. The third-order valence-corrected chi connectivity index (χ3v) is 3.59. The van der Waals surface area contributed by atoms with Crippen molar-refractivity contribution in [2.24, 2.45) is 5.92 Å². The van der Waals surface area contributed by atoms with Crippen LogP contribution in [0.25, 0.3) is 0 Å². The van der Waals surface area contributed by atoms with Crippen LogP contribution < -0.4 is 0 Å². The molecule has 0 rings (SSSR count). The summed E-state index contributed by atoms with van der Waals surface area (Å²) in [5, 5.41) is 27.9. The fourth-order valence-electron chi connectivity index (χ4n) is 1.71. The number of aliphatic carboxylic acids is 1. The van der Waals surface area contributed by atoms with Gasteiger partial charge in [0.2, 0.25) is 0 Å². The van der Waals surface area contributed by atoms with E-state index in [1.54, 1.807) is 13.8 Å². The van der Waals surface area contributed by atoms with E-state index in [0.29, 0.717) is 6.42 Å². The molecule has 0 aromatic heterocycles. The van der Waals surface area contributed by atoms with E-state index >= 15 is 0 Å². The number of carboxylic acids is 1. The molecule has 120 valence electrons. The van der Waals surface area contributed by atoms with Crippen LogP contribution in [-0.4, -0.2) is 33.5 Å². The lowest BCUT2D eigenvalue weighted by Gasteiger charge is -2.14. The highest BCUT2D eigenvalue weighted by Crippen LogP contribution is 2.14. The summed E-state index contributed by atoms with van der Waals surface area (Å²) >= 11 is 0. The number of hydrogen-bond acceptors (Lipinski definition) is 3. The Hall–Kier alpha value is -1.39. The molecule has 0 aliphatic rings. The second-order valence-corrected chi connectivity index (χ2v) is 5.61. The van der Waals surface area contributed by atoms with Crippen molar-refractivity contribution >= 4 is 5.97 Å². The predicted octanol–water partition coefficient (Wildman–Crippen LogP) is 3.07. The number of allylic oxidation sites excluding steroid dienone is 3. The number of rotatable bonds is 9. The van der Waals surface area contributed by atoms with Crippen LogP contribution in [0.5, 0.6) is 0 Å². The molecule has 0 aromatic carbocycles. The first kappa shape index (κ1) is 19.6. The van der Waals surface area contributed by atoms with Gasteiger partial charge in [-0.2, -0.15) is 0 Å². The number of hydrogen-bond donors (Lipinski definition) is 3. The molecule has 21 heavy (non-hydrogen) atoms. The molecular formula is C17H28O4. The van der Waals surface area contributed by atoms with Crippen molar-refractivity contribution in [2.45, 2.75) is 59.2 Å². The van der Waals surface area contributed by atoms with Crippen molar-refractivity contribution in [1.29, 1.82) is 0 Å². The van der Waals surface area contributed by atoms with E-state index in [4.69, 9.17) is 5.11 Å². The molecule has 0 unspecified atom stereocenters. The zero-order chi connectivity index (χ0) is 16.4. The summed E-state index contributed by atoms with van der Waals surface area (Å²) in [7, 11) is 0. The molecule has 4 heteroatoms. The average molecular weight is 296 g/mol. The lowest BCUT2D eigenvalue weighted by atomic mass is 9.98. The largest absolute Gasteiger partial charge is 0.478 e. The van der Waals surface area contributed by atoms with Crippen molar-refractivity contribution in [3.05, 3.63) is 35.5 Å². The Morgan fingerprint density at radius 3 is 2.24 bits per heavy atom. The van der Waals surface area contributed by atoms with Crippen LogP contribution >= 0.6 is 0 Å². The van der Waals surface area contributed by atoms with Crippen LogP contribution in [0, 0.1) is 5.92 Å². The topological polar surface area (TPSA) is 77.8 Å².